The first kappa shape index (κ1) is 9.77. The van der Waals surface area contributed by atoms with Crippen LogP contribution in [0.25, 0.3) is 0 Å². The second-order valence-corrected chi connectivity index (χ2v) is 2.82. The van der Waals surface area contributed by atoms with Crippen LogP contribution in [0.1, 0.15) is 6.92 Å². The maximum absolute atomic E-state index is 12.1. The number of hydrogen-bond acceptors (Lipinski definition) is 2. The normalized spacial score (nSPS) is 12.9. The molecule has 1 unspecified atom stereocenters. The van der Waals surface area contributed by atoms with Crippen molar-refractivity contribution in [1.82, 2.24) is 0 Å². The van der Waals surface area contributed by atoms with Gasteiger partial charge in [-0.3, -0.25) is 0 Å². The van der Waals surface area contributed by atoms with Gasteiger partial charge in [0.1, 0.15) is 5.75 Å². The van der Waals surface area contributed by atoms with Gasteiger partial charge in [-0.25, -0.2) is 8.78 Å². The Morgan fingerprint density at radius 1 is 1.38 bits per heavy atom. The molecule has 0 fully saturated rings. The molecule has 0 aromatic heterocycles. The number of anilines is 1. The number of halogens is 2. The van der Waals surface area contributed by atoms with Crippen LogP contribution >= 0.6 is 0 Å². The second kappa shape index (κ2) is 4.07. The Bertz CT molecular complexity index is 278. The highest BCUT2D eigenvalue weighted by Gasteiger charge is 2.13. The van der Waals surface area contributed by atoms with E-state index in [1.807, 2.05) is 0 Å². The molecular formula is C9H11F2NO. The van der Waals surface area contributed by atoms with Crippen LogP contribution < -0.4 is 5.32 Å². The summed E-state index contributed by atoms with van der Waals surface area (Å²) in [6.45, 7) is 1.38. The van der Waals surface area contributed by atoms with Crippen molar-refractivity contribution < 1.29 is 13.9 Å². The highest BCUT2D eigenvalue weighted by Crippen LogP contribution is 2.17. The average Bonchev–Trinajstić information content (AvgIpc) is 2.04. The molecule has 2 N–H and O–H groups in total. The van der Waals surface area contributed by atoms with E-state index in [-0.39, 0.29) is 5.75 Å². The zero-order valence-corrected chi connectivity index (χ0v) is 7.17. The average molecular weight is 187 g/mol. The van der Waals surface area contributed by atoms with Gasteiger partial charge in [-0.15, -0.1) is 0 Å². The zero-order chi connectivity index (χ0) is 9.84. The lowest BCUT2D eigenvalue weighted by Crippen LogP contribution is -2.23. The van der Waals surface area contributed by atoms with Crippen LogP contribution in [0.4, 0.5) is 14.5 Å². The number of benzene rings is 1. The van der Waals surface area contributed by atoms with E-state index in [0.717, 1.165) is 0 Å². The van der Waals surface area contributed by atoms with Crippen molar-refractivity contribution in [3.63, 3.8) is 0 Å². The molecule has 0 bridgehead atoms. The molecule has 1 aromatic rings. The minimum Gasteiger partial charge on any atom is -0.508 e. The molecule has 0 radical (unpaired) electrons. The van der Waals surface area contributed by atoms with E-state index in [0.29, 0.717) is 5.69 Å². The standard InChI is InChI=1S/C9H11F2NO/c1-6(9(10)11)12-7-3-2-4-8(13)5-7/h2-6,9,12-13H,1H3. The molecule has 13 heavy (non-hydrogen) atoms. The Kier molecular flexibility index (Phi) is 3.06. The van der Waals surface area contributed by atoms with E-state index in [4.69, 9.17) is 5.11 Å². The fraction of sp³-hybridized carbons (Fsp3) is 0.333. The van der Waals surface area contributed by atoms with E-state index in [1.165, 1.54) is 19.1 Å². The zero-order valence-electron chi connectivity index (χ0n) is 7.17. The molecule has 0 saturated carbocycles. The van der Waals surface area contributed by atoms with Gasteiger partial charge in [0, 0.05) is 11.8 Å². The second-order valence-electron chi connectivity index (χ2n) is 2.82. The van der Waals surface area contributed by atoms with Crippen molar-refractivity contribution in [3.05, 3.63) is 24.3 Å². The quantitative estimate of drug-likeness (QED) is 0.761. The summed E-state index contributed by atoms with van der Waals surface area (Å²) in [5.41, 5.74) is 0.493. The Morgan fingerprint density at radius 3 is 2.62 bits per heavy atom. The maximum atomic E-state index is 12.1. The van der Waals surface area contributed by atoms with Crippen molar-refractivity contribution in [2.24, 2.45) is 0 Å². The summed E-state index contributed by atoms with van der Waals surface area (Å²) >= 11 is 0. The SMILES string of the molecule is CC(Nc1cccc(O)c1)C(F)F. The summed E-state index contributed by atoms with van der Waals surface area (Å²) in [7, 11) is 0. The first-order valence-corrected chi connectivity index (χ1v) is 3.93. The molecule has 0 aliphatic carbocycles. The lowest BCUT2D eigenvalue weighted by molar-refractivity contribution is 0.130. The summed E-state index contributed by atoms with van der Waals surface area (Å²) in [6, 6.07) is 5.19. The molecule has 0 spiro atoms. The molecule has 0 amide bonds. The minimum absolute atomic E-state index is 0.0615. The molecule has 4 heteroatoms. The summed E-state index contributed by atoms with van der Waals surface area (Å²) < 4.78 is 24.2. The Morgan fingerprint density at radius 2 is 2.08 bits per heavy atom. The topological polar surface area (TPSA) is 32.3 Å². The van der Waals surface area contributed by atoms with E-state index in [9.17, 15) is 8.78 Å². The molecule has 1 aromatic carbocycles. The van der Waals surface area contributed by atoms with Gasteiger partial charge in [-0.1, -0.05) is 6.07 Å². The number of aromatic hydroxyl groups is 1. The molecule has 1 rings (SSSR count). The predicted molar refractivity (Wildman–Crippen MR) is 47.2 cm³/mol. The number of hydrogen-bond donors (Lipinski definition) is 2. The van der Waals surface area contributed by atoms with Crippen LogP contribution in [0.15, 0.2) is 24.3 Å². The lowest BCUT2D eigenvalue weighted by Gasteiger charge is -2.13. The third-order valence-electron chi connectivity index (χ3n) is 1.62. The van der Waals surface area contributed by atoms with Crippen molar-refractivity contribution in [2.75, 3.05) is 5.32 Å². The lowest BCUT2D eigenvalue weighted by atomic mass is 10.2. The van der Waals surface area contributed by atoms with Gasteiger partial charge in [-0.2, -0.15) is 0 Å². The fourth-order valence-electron chi connectivity index (χ4n) is 0.922. The Hall–Kier alpha value is -1.32. The summed E-state index contributed by atoms with van der Waals surface area (Å²) in [5, 5.41) is 11.6. The Labute approximate surface area is 75.2 Å². The van der Waals surface area contributed by atoms with Crippen LogP contribution in [-0.4, -0.2) is 17.6 Å². The highest BCUT2D eigenvalue weighted by molar-refractivity contribution is 5.48. The molecule has 0 heterocycles. The van der Waals surface area contributed by atoms with E-state index in [2.05, 4.69) is 5.32 Å². The van der Waals surface area contributed by atoms with E-state index < -0.39 is 12.5 Å². The summed E-state index contributed by atoms with van der Waals surface area (Å²) in [5.74, 6) is 0.0615. The number of phenolic OH excluding ortho intramolecular Hbond substituents is 1. The molecule has 0 aliphatic heterocycles. The first-order valence-electron chi connectivity index (χ1n) is 3.93. The van der Waals surface area contributed by atoms with Gasteiger partial charge in [-0.05, 0) is 19.1 Å². The molecule has 0 aliphatic rings. The van der Waals surface area contributed by atoms with Gasteiger partial charge in [0.05, 0.1) is 6.04 Å². The first-order chi connectivity index (χ1) is 6.09. The van der Waals surface area contributed by atoms with Gasteiger partial charge in [0.25, 0.3) is 6.43 Å². The van der Waals surface area contributed by atoms with Crippen molar-refractivity contribution in [1.29, 1.82) is 0 Å². The largest absolute Gasteiger partial charge is 0.508 e. The van der Waals surface area contributed by atoms with Crippen LogP contribution in [0, 0.1) is 0 Å². The molecule has 2 nitrogen and oxygen atoms in total. The number of phenols is 1. The van der Waals surface area contributed by atoms with E-state index in [1.54, 1.807) is 12.1 Å². The van der Waals surface area contributed by atoms with Crippen molar-refractivity contribution in [2.45, 2.75) is 19.4 Å². The third-order valence-corrected chi connectivity index (χ3v) is 1.62. The van der Waals surface area contributed by atoms with Gasteiger partial charge in [0.15, 0.2) is 0 Å². The van der Waals surface area contributed by atoms with Crippen LogP contribution in [-0.2, 0) is 0 Å². The highest BCUT2D eigenvalue weighted by atomic mass is 19.3. The van der Waals surface area contributed by atoms with Crippen molar-refractivity contribution in [3.8, 4) is 5.75 Å². The van der Waals surface area contributed by atoms with Crippen LogP contribution in [0.2, 0.25) is 0 Å². The Balaban J connectivity index is 2.64. The molecule has 1 atom stereocenters. The fourth-order valence-corrected chi connectivity index (χ4v) is 0.922. The molecule has 72 valence electrons. The van der Waals surface area contributed by atoms with Gasteiger partial charge in [0.2, 0.25) is 0 Å². The monoisotopic (exact) mass is 187 g/mol. The van der Waals surface area contributed by atoms with Crippen molar-refractivity contribution >= 4 is 5.69 Å². The maximum Gasteiger partial charge on any atom is 0.258 e. The molecule has 0 saturated heterocycles. The van der Waals surface area contributed by atoms with Crippen LogP contribution in [0.5, 0.6) is 5.75 Å². The van der Waals surface area contributed by atoms with E-state index >= 15 is 0 Å². The number of alkyl halides is 2. The number of nitrogens with one attached hydrogen (secondary N) is 1. The summed E-state index contributed by atoms with van der Waals surface area (Å²) in [6.07, 6.45) is -2.41. The predicted octanol–water partition coefficient (Wildman–Crippen LogP) is 2.46. The van der Waals surface area contributed by atoms with Crippen LogP contribution in [0.3, 0.4) is 0 Å². The third kappa shape index (κ3) is 2.89. The van der Waals surface area contributed by atoms with Gasteiger partial charge < -0.3 is 10.4 Å². The smallest absolute Gasteiger partial charge is 0.258 e. The molecular weight excluding hydrogens is 176 g/mol. The van der Waals surface area contributed by atoms with Gasteiger partial charge >= 0.3 is 0 Å². The summed E-state index contributed by atoms with van der Waals surface area (Å²) in [4.78, 5) is 0. The minimum atomic E-state index is -2.41. The number of rotatable bonds is 3.